The molecule has 1 aromatic carbocycles. The summed E-state index contributed by atoms with van der Waals surface area (Å²) >= 11 is 0. The van der Waals surface area contributed by atoms with Gasteiger partial charge in [-0.15, -0.1) is 0 Å². The van der Waals surface area contributed by atoms with Gasteiger partial charge in [0, 0.05) is 43.6 Å². The summed E-state index contributed by atoms with van der Waals surface area (Å²) in [5.74, 6) is -2.56. The molecule has 0 radical (unpaired) electrons. The Bertz CT molecular complexity index is 1120. The Morgan fingerprint density at radius 3 is 2.14 bits per heavy atom. The average Bonchev–Trinajstić information content (AvgIpc) is 3.25. The highest BCUT2D eigenvalue weighted by Gasteiger charge is 2.25. The van der Waals surface area contributed by atoms with E-state index in [0.29, 0.717) is 12.0 Å². The number of benzene rings is 1. The standard InChI is InChI=1S/C31H43N3O8/c1-5-6-7-8-9-10-28(38)41-20-19-33(22-29(39)42-31(2,3)4)30(40)24-13-11-23(12-14-24)21-32-25(35)17-18-34-26(36)15-16-27(34)37/h11-16H,5-10,17-22H2,1-4H3,(H,32,35). The third-order valence-electron chi connectivity index (χ3n) is 6.29. The van der Waals surface area contributed by atoms with E-state index in [1.165, 1.54) is 17.1 Å². The normalized spacial score (nSPS) is 12.8. The number of ether oxygens (including phenoxy) is 2. The highest BCUT2D eigenvalue weighted by Crippen LogP contribution is 2.12. The molecular weight excluding hydrogens is 542 g/mol. The van der Waals surface area contributed by atoms with Crippen molar-refractivity contribution in [3.05, 3.63) is 47.5 Å². The van der Waals surface area contributed by atoms with E-state index in [1.54, 1.807) is 45.0 Å². The molecule has 0 saturated heterocycles. The van der Waals surface area contributed by atoms with Crippen molar-refractivity contribution in [3.8, 4) is 0 Å². The van der Waals surface area contributed by atoms with Crippen LogP contribution in [0.25, 0.3) is 0 Å². The number of unbranched alkanes of at least 4 members (excludes halogenated alkanes) is 4. The van der Waals surface area contributed by atoms with Gasteiger partial charge in [-0.2, -0.15) is 0 Å². The largest absolute Gasteiger partial charge is 0.464 e. The van der Waals surface area contributed by atoms with Crippen molar-refractivity contribution in [2.45, 2.75) is 84.8 Å². The number of amides is 4. The highest BCUT2D eigenvalue weighted by atomic mass is 16.6. The highest BCUT2D eigenvalue weighted by molar-refractivity contribution is 6.13. The summed E-state index contributed by atoms with van der Waals surface area (Å²) in [5.41, 5.74) is 0.314. The van der Waals surface area contributed by atoms with Crippen LogP contribution in [0, 0.1) is 0 Å². The lowest BCUT2D eigenvalue weighted by Crippen LogP contribution is -2.40. The van der Waals surface area contributed by atoms with Crippen LogP contribution in [0.2, 0.25) is 0 Å². The van der Waals surface area contributed by atoms with E-state index < -0.39 is 29.3 Å². The van der Waals surface area contributed by atoms with E-state index in [9.17, 15) is 28.8 Å². The zero-order valence-corrected chi connectivity index (χ0v) is 25.1. The van der Waals surface area contributed by atoms with Gasteiger partial charge in [-0.05, 0) is 44.9 Å². The minimum atomic E-state index is -0.724. The molecule has 1 aromatic rings. The lowest BCUT2D eigenvalue weighted by atomic mass is 10.1. The second kappa shape index (κ2) is 17.1. The zero-order valence-electron chi connectivity index (χ0n) is 25.1. The minimum Gasteiger partial charge on any atom is -0.464 e. The SMILES string of the molecule is CCCCCCCC(=O)OCCN(CC(=O)OC(C)(C)C)C(=O)c1ccc(CNC(=O)CCN2C(=O)C=CC2=O)cc1. The molecule has 1 aliphatic rings. The molecule has 0 unspecified atom stereocenters. The lowest BCUT2D eigenvalue weighted by Gasteiger charge is -2.25. The third kappa shape index (κ3) is 12.7. The summed E-state index contributed by atoms with van der Waals surface area (Å²) in [5, 5.41) is 2.72. The van der Waals surface area contributed by atoms with Gasteiger partial charge in [0.1, 0.15) is 18.8 Å². The van der Waals surface area contributed by atoms with Gasteiger partial charge in [0.25, 0.3) is 17.7 Å². The number of esters is 2. The summed E-state index contributed by atoms with van der Waals surface area (Å²) in [6.45, 7) is 7.18. The van der Waals surface area contributed by atoms with E-state index in [4.69, 9.17) is 9.47 Å². The van der Waals surface area contributed by atoms with Crippen LogP contribution in [-0.4, -0.2) is 77.2 Å². The Labute approximate surface area is 247 Å². The van der Waals surface area contributed by atoms with Crippen LogP contribution in [0.3, 0.4) is 0 Å². The molecule has 0 fully saturated rings. The van der Waals surface area contributed by atoms with Gasteiger partial charge >= 0.3 is 11.9 Å². The Morgan fingerprint density at radius 2 is 1.52 bits per heavy atom. The summed E-state index contributed by atoms with van der Waals surface area (Å²) in [6, 6.07) is 6.52. The molecule has 42 heavy (non-hydrogen) atoms. The first-order valence-corrected chi connectivity index (χ1v) is 14.5. The second-order valence-electron chi connectivity index (χ2n) is 11.1. The van der Waals surface area contributed by atoms with Gasteiger partial charge in [-0.3, -0.25) is 33.7 Å². The molecule has 4 amide bonds. The fraction of sp³-hybridized carbons (Fsp3) is 0.548. The first-order chi connectivity index (χ1) is 19.9. The maximum atomic E-state index is 13.3. The minimum absolute atomic E-state index is 0.00824. The smallest absolute Gasteiger partial charge is 0.326 e. The molecule has 1 aliphatic heterocycles. The summed E-state index contributed by atoms with van der Waals surface area (Å²) in [7, 11) is 0. The van der Waals surface area contributed by atoms with E-state index in [1.807, 2.05) is 0 Å². The van der Waals surface area contributed by atoms with Crippen LogP contribution in [0.15, 0.2) is 36.4 Å². The molecule has 0 saturated carbocycles. The summed E-state index contributed by atoms with van der Waals surface area (Å²) < 4.78 is 10.7. The van der Waals surface area contributed by atoms with Crippen molar-refractivity contribution in [2.75, 3.05) is 26.2 Å². The zero-order chi connectivity index (χ0) is 31.1. The number of hydrogen-bond acceptors (Lipinski definition) is 8. The number of nitrogens with zero attached hydrogens (tertiary/aromatic N) is 2. The Balaban J connectivity index is 1.90. The van der Waals surface area contributed by atoms with Crippen molar-refractivity contribution >= 4 is 35.6 Å². The Morgan fingerprint density at radius 1 is 0.881 bits per heavy atom. The number of hydrogen-bond donors (Lipinski definition) is 1. The first kappa shape index (κ1) is 34.2. The fourth-order valence-electron chi connectivity index (χ4n) is 4.10. The van der Waals surface area contributed by atoms with Gasteiger partial charge in [-0.25, -0.2) is 0 Å². The van der Waals surface area contributed by atoms with Gasteiger partial charge in [0.15, 0.2) is 0 Å². The molecule has 2 rings (SSSR count). The van der Waals surface area contributed by atoms with E-state index >= 15 is 0 Å². The van der Waals surface area contributed by atoms with Crippen LogP contribution < -0.4 is 5.32 Å². The number of nitrogens with one attached hydrogen (secondary N) is 1. The van der Waals surface area contributed by atoms with Gasteiger partial charge in [0.2, 0.25) is 5.91 Å². The fourth-order valence-corrected chi connectivity index (χ4v) is 4.10. The van der Waals surface area contributed by atoms with E-state index in [2.05, 4.69) is 12.2 Å². The maximum Gasteiger partial charge on any atom is 0.326 e. The predicted octanol–water partition coefficient (Wildman–Crippen LogP) is 3.31. The maximum absolute atomic E-state index is 13.3. The topological polar surface area (TPSA) is 139 Å². The van der Waals surface area contributed by atoms with Crippen molar-refractivity contribution in [2.24, 2.45) is 0 Å². The van der Waals surface area contributed by atoms with Crippen LogP contribution >= 0.6 is 0 Å². The van der Waals surface area contributed by atoms with E-state index in [0.717, 1.165) is 42.6 Å². The van der Waals surface area contributed by atoms with E-state index in [-0.39, 0.29) is 51.1 Å². The van der Waals surface area contributed by atoms with Crippen LogP contribution in [0.1, 0.15) is 88.6 Å². The Hall–Kier alpha value is -4.02. The predicted molar refractivity (Wildman–Crippen MR) is 155 cm³/mol. The molecule has 1 N–H and O–H groups in total. The van der Waals surface area contributed by atoms with Crippen LogP contribution in [-0.2, 0) is 40.0 Å². The number of rotatable bonds is 17. The Kier molecular flexibility index (Phi) is 13.9. The molecule has 0 aromatic heterocycles. The van der Waals surface area contributed by atoms with Crippen molar-refractivity contribution in [1.82, 2.24) is 15.1 Å². The average molecular weight is 586 g/mol. The van der Waals surface area contributed by atoms with Gasteiger partial charge < -0.3 is 19.7 Å². The molecule has 1 heterocycles. The summed E-state index contributed by atoms with van der Waals surface area (Å²) in [4.78, 5) is 75.5. The molecule has 0 bridgehead atoms. The first-order valence-electron chi connectivity index (χ1n) is 14.5. The number of carbonyl (C=O) groups is 6. The third-order valence-corrected chi connectivity index (χ3v) is 6.29. The molecule has 0 spiro atoms. The van der Waals surface area contributed by atoms with Crippen LogP contribution in [0.4, 0.5) is 0 Å². The number of carbonyl (C=O) groups excluding carboxylic acids is 6. The van der Waals surface area contributed by atoms with Gasteiger partial charge in [0.05, 0.1) is 6.54 Å². The monoisotopic (exact) mass is 585 g/mol. The second-order valence-corrected chi connectivity index (χ2v) is 11.1. The molecular formula is C31H43N3O8. The molecule has 0 atom stereocenters. The molecule has 0 aliphatic carbocycles. The lowest BCUT2D eigenvalue weighted by molar-refractivity contribution is -0.155. The van der Waals surface area contributed by atoms with Crippen molar-refractivity contribution in [3.63, 3.8) is 0 Å². The molecule has 11 heteroatoms. The molecule has 11 nitrogen and oxygen atoms in total. The quantitative estimate of drug-likeness (QED) is 0.167. The van der Waals surface area contributed by atoms with Crippen molar-refractivity contribution < 1.29 is 38.2 Å². The van der Waals surface area contributed by atoms with Crippen molar-refractivity contribution in [1.29, 1.82) is 0 Å². The number of imide groups is 1. The molecule has 230 valence electrons. The van der Waals surface area contributed by atoms with Gasteiger partial charge in [-0.1, -0.05) is 44.7 Å². The van der Waals surface area contributed by atoms with Crippen LogP contribution in [0.5, 0.6) is 0 Å². The summed E-state index contributed by atoms with van der Waals surface area (Å²) in [6.07, 6.45) is 7.67.